The van der Waals surface area contributed by atoms with Crippen molar-refractivity contribution in [1.82, 2.24) is 26.6 Å². The zero-order valence-corrected chi connectivity index (χ0v) is 24.4. The van der Waals surface area contributed by atoms with Gasteiger partial charge in [0.1, 0.15) is 12.1 Å². The number of hydrogen-bond donors (Lipinski definition) is 8. The van der Waals surface area contributed by atoms with Crippen LogP contribution in [0.2, 0.25) is 0 Å². The van der Waals surface area contributed by atoms with Crippen molar-refractivity contribution in [1.29, 1.82) is 0 Å². The molecule has 0 saturated heterocycles. The topological polar surface area (TPSA) is 224 Å². The number of hydrogen-bond acceptors (Lipinski definition) is 10. The molecule has 11 N–H and O–H groups in total. The Kier molecular flexibility index (Phi) is 18.1. The Balaban J connectivity index is 2.59. The van der Waals surface area contributed by atoms with Crippen molar-refractivity contribution < 1.29 is 24.0 Å². The van der Waals surface area contributed by atoms with Crippen molar-refractivity contribution in [3.8, 4) is 0 Å². The number of carbonyl (C=O) groups excluding carboxylic acids is 5. The number of amides is 4. The minimum atomic E-state index is -0.898. The molecule has 0 spiro atoms. The largest absolute Gasteiger partial charge is 0.354 e. The van der Waals surface area contributed by atoms with Crippen LogP contribution in [0.3, 0.4) is 0 Å². The van der Waals surface area contributed by atoms with Crippen LogP contribution in [0.25, 0.3) is 0 Å². The van der Waals surface area contributed by atoms with Crippen LogP contribution in [0.15, 0.2) is 0 Å². The fourth-order valence-electron chi connectivity index (χ4n) is 4.55. The van der Waals surface area contributed by atoms with E-state index in [0.717, 1.165) is 31.1 Å². The van der Waals surface area contributed by atoms with E-state index in [2.05, 4.69) is 38.8 Å². The van der Waals surface area contributed by atoms with E-state index in [1.807, 2.05) is 0 Å². The number of nitrogens with one attached hydrogen (secondary N) is 5. The maximum Gasteiger partial charge on any atom is 0.243 e. The summed E-state index contributed by atoms with van der Waals surface area (Å²) in [4.78, 5) is 62.6. The van der Waals surface area contributed by atoms with Gasteiger partial charge in [0.2, 0.25) is 23.6 Å². The highest BCUT2D eigenvalue weighted by Gasteiger charge is 2.29. The van der Waals surface area contributed by atoms with Crippen molar-refractivity contribution in [3.05, 3.63) is 0 Å². The van der Waals surface area contributed by atoms with Gasteiger partial charge in [-0.3, -0.25) is 24.0 Å². The number of carbonyl (C=O) groups is 5. The average Bonchev–Trinajstić information content (AvgIpc) is 3.45. The zero-order chi connectivity index (χ0) is 29.9. The zero-order valence-electron chi connectivity index (χ0n) is 23.5. The second-order valence-corrected chi connectivity index (χ2v) is 10.2. The molecule has 1 saturated carbocycles. The van der Waals surface area contributed by atoms with Crippen molar-refractivity contribution in [2.75, 3.05) is 26.2 Å². The van der Waals surface area contributed by atoms with Gasteiger partial charge in [0.25, 0.3) is 0 Å². The fraction of sp³-hybridized carbons (Fsp3) is 0.769. The minimum Gasteiger partial charge on any atom is -0.354 e. The van der Waals surface area contributed by atoms with E-state index < -0.39 is 36.0 Å². The Morgan fingerprint density at radius 1 is 0.800 bits per heavy atom. The highest BCUT2D eigenvalue weighted by molar-refractivity contribution is 7.80. The lowest BCUT2D eigenvalue weighted by Crippen LogP contribution is -2.57. The summed E-state index contributed by atoms with van der Waals surface area (Å²) in [5.74, 6) is -1.96. The van der Waals surface area contributed by atoms with E-state index in [1.165, 1.54) is 0 Å². The normalized spacial score (nSPS) is 16.3. The molecule has 0 unspecified atom stereocenters. The molecule has 1 aliphatic rings. The Morgan fingerprint density at radius 2 is 1.35 bits per heavy atom. The van der Waals surface area contributed by atoms with Gasteiger partial charge in [-0.05, 0) is 64.6 Å². The molecule has 0 aromatic carbocycles. The fourth-order valence-corrected chi connectivity index (χ4v) is 4.72. The minimum absolute atomic E-state index is 0.0820. The van der Waals surface area contributed by atoms with E-state index in [9.17, 15) is 24.0 Å². The number of nitrogens with two attached hydrogens (primary N) is 3. The van der Waals surface area contributed by atoms with Crippen LogP contribution in [0.4, 0.5) is 0 Å². The van der Waals surface area contributed by atoms with E-state index in [-0.39, 0.29) is 62.5 Å². The number of thiocarbonyl (C=S) groups is 1. The van der Waals surface area contributed by atoms with Crippen molar-refractivity contribution >= 4 is 47.0 Å². The quantitative estimate of drug-likeness (QED) is 0.0562. The van der Waals surface area contributed by atoms with Crippen LogP contribution >= 0.6 is 12.2 Å². The molecule has 0 aromatic rings. The summed E-state index contributed by atoms with van der Waals surface area (Å²) >= 11 is 4.64. The number of rotatable bonds is 21. The molecule has 1 rings (SSSR count). The number of Topliss-reactive ketones (excluding diaryl/α,β-unsaturated/α-hetero) is 1. The Bertz CT molecular complexity index is 840. The highest BCUT2D eigenvalue weighted by atomic mass is 32.1. The van der Waals surface area contributed by atoms with Crippen molar-refractivity contribution in [2.24, 2.45) is 17.2 Å². The monoisotopic (exact) mass is 584 g/mol. The molecule has 0 bridgehead atoms. The maximum atomic E-state index is 13.0. The first-order valence-corrected chi connectivity index (χ1v) is 14.7. The Labute approximate surface area is 242 Å². The van der Waals surface area contributed by atoms with E-state index in [0.29, 0.717) is 25.8 Å². The van der Waals surface area contributed by atoms with Crippen LogP contribution in [0.5, 0.6) is 0 Å². The summed E-state index contributed by atoms with van der Waals surface area (Å²) in [5.41, 5.74) is 16.9. The third kappa shape index (κ3) is 13.2. The molecule has 4 atom stereocenters. The average molecular weight is 585 g/mol. The van der Waals surface area contributed by atoms with Gasteiger partial charge in [0.05, 0.1) is 12.1 Å². The first kappa shape index (κ1) is 35.5. The highest BCUT2D eigenvalue weighted by Crippen LogP contribution is 2.18. The first-order chi connectivity index (χ1) is 19.2. The van der Waals surface area contributed by atoms with Gasteiger partial charge in [0, 0.05) is 24.4 Å². The molecule has 0 aliphatic heterocycles. The van der Waals surface area contributed by atoms with Gasteiger partial charge in [-0.2, -0.15) is 0 Å². The van der Waals surface area contributed by atoms with Gasteiger partial charge in [0.15, 0.2) is 5.78 Å². The van der Waals surface area contributed by atoms with Crippen LogP contribution < -0.4 is 43.8 Å². The van der Waals surface area contributed by atoms with Crippen LogP contribution in [0, 0.1) is 0 Å². The summed E-state index contributed by atoms with van der Waals surface area (Å²) in [7, 11) is 0. The Morgan fingerprint density at radius 3 is 1.93 bits per heavy atom. The Hall–Kier alpha value is -2.52. The molecule has 13 nitrogen and oxygen atoms in total. The van der Waals surface area contributed by atoms with Gasteiger partial charge in [-0.1, -0.05) is 32.0 Å². The lowest BCUT2D eigenvalue weighted by Gasteiger charge is -2.26. The number of ketones is 1. The third-order valence-corrected chi connectivity index (χ3v) is 7.06. The molecule has 0 heterocycles. The van der Waals surface area contributed by atoms with E-state index >= 15 is 0 Å². The summed E-state index contributed by atoms with van der Waals surface area (Å²) in [6.07, 6.45) is 5.89. The van der Waals surface area contributed by atoms with E-state index in [1.54, 1.807) is 6.92 Å². The summed E-state index contributed by atoms with van der Waals surface area (Å²) in [6, 6.07) is -2.74. The van der Waals surface area contributed by atoms with Crippen molar-refractivity contribution in [2.45, 2.75) is 101 Å². The molecule has 1 aliphatic carbocycles. The molecule has 14 heteroatoms. The smallest absolute Gasteiger partial charge is 0.243 e. The summed E-state index contributed by atoms with van der Waals surface area (Å²) in [6.45, 7) is 2.66. The third-order valence-electron chi connectivity index (χ3n) is 6.82. The second kappa shape index (κ2) is 20.4. The van der Waals surface area contributed by atoms with Gasteiger partial charge in [-0.25, -0.2) is 0 Å². The van der Waals surface area contributed by atoms with Gasteiger partial charge in [-0.15, -0.1) is 0 Å². The summed E-state index contributed by atoms with van der Waals surface area (Å²) in [5, 5.41) is 15.1. The van der Waals surface area contributed by atoms with Gasteiger partial charge < -0.3 is 43.8 Å². The van der Waals surface area contributed by atoms with E-state index in [4.69, 9.17) is 17.2 Å². The van der Waals surface area contributed by atoms with Crippen LogP contribution in [0.1, 0.15) is 71.1 Å². The molecule has 1 fully saturated rings. The first-order valence-electron chi connectivity index (χ1n) is 14.2. The standard InChI is InChI=1S/C26H48N8O5S/c1-2-18(24(37)30-15-5-8-23(36)32-19(9-12-27)22(35)16-40)33-26(39)21(11-14-29)34-25(38)20(10-13-28)31-17-6-3-4-7-17/h16-21,31H,2-15,27-29H2,1H3,(H,30,37)(H,32,36)(H,33,39)(H,34,38)/t18-,19-,20-,21-/m0/s1. The second-order valence-electron chi connectivity index (χ2n) is 10.00. The van der Waals surface area contributed by atoms with Crippen LogP contribution in [-0.4, -0.2) is 91.2 Å². The molecule has 228 valence electrons. The molecule has 4 amide bonds. The van der Waals surface area contributed by atoms with Crippen molar-refractivity contribution in [3.63, 3.8) is 0 Å². The molecule has 0 aromatic heterocycles. The molecule has 0 radical (unpaired) electrons. The predicted octanol–water partition coefficient (Wildman–Crippen LogP) is -1.74. The maximum absolute atomic E-state index is 13.0. The molecule has 40 heavy (non-hydrogen) atoms. The SMILES string of the molecule is CC[C@H](NC(=O)[C@H](CCN)NC(=O)[C@H](CCN)NC1CCCC1)C(=O)NCCCC(=O)N[C@@H](CCN)C(=O)C=S. The lowest BCUT2D eigenvalue weighted by molar-refractivity contribution is -0.132. The lowest BCUT2D eigenvalue weighted by atomic mass is 10.1. The van der Waals surface area contributed by atoms with Crippen LogP contribution in [-0.2, 0) is 24.0 Å². The van der Waals surface area contributed by atoms with Gasteiger partial charge >= 0.3 is 0 Å². The molecular formula is C26H48N8O5S. The predicted molar refractivity (Wildman–Crippen MR) is 157 cm³/mol. The summed E-state index contributed by atoms with van der Waals surface area (Å²) < 4.78 is 0. The molecular weight excluding hydrogens is 536 g/mol.